The van der Waals surface area contributed by atoms with Crippen molar-refractivity contribution in [2.24, 2.45) is 0 Å². The summed E-state index contributed by atoms with van der Waals surface area (Å²) in [5.74, 6) is 1.19. The molecule has 2 aliphatic rings. The van der Waals surface area contributed by atoms with Gasteiger partial charge in [0.05, 0.1) is 30.9 Å². The summed E-state index contributed by atoms with van der Waals surface area (Å²) in [5.41, 5.74) is 3.72. The predicted molar refractivity (Wildman–Crippen MR) is 162 cm³/mol. The SMILES string of the molecule is COCCOc1cc2cc(c1)C(=O)NCCNC(=O)N[C@H]1CCN(Cc3cc(C#N)c(C)[nH]3)C[C@@H]1OCc1cccc(c1)O2. The van der Waals surface area contributed by atoms with Crippen molar-refractivity contribution in [3.8, 4) is 23.3 Å². The number of ether oxygens (including phenoxy) is 4. The molecule has 2 atom stereocenters. The van der Waals surface area contributed by atoms with Gasteiger partial charge in [-0.25, -0.2) is 4.79 Å². The van der Waals surface area contributed by atoms with Gasteiger partial charge >= 0.3 is 6.03 Å². The molecule has 4 bridgehead atoms. The molecule has 3 aromatic rings. The van der Waals surface area contributed by atoms with Gasteiger partial charge in [0.15, 0.2) is 0 Å². The normalized spacial score (nSPS) is 19.6. The fourth-order valence-electron chi connectivity index (χ4n) is 5.33. The number of hydrogen-bond donors (Lipinski definition) is 4. The van der Waals surface area contributed by atoms with Crippen molar-refractivity contribution in [1.82, 2.24) is 25.8 Å². The third-order valence-corrected chi connectivity index (χ3v) is 7.54. The van der Waals surface area contributed by atoms with E-state index < -0.39 is 0 Å². The molecule has 0 saturated carbocycles. The molecular weight excluding hydrogens is 564 g/mol. The van der Waals surface area contributed by atoms with Crippen LogP contribution in [0.5, 0.6) is 17.2 Å². The Bertz CT molecular complexity index is 1500. The van der Waals surface area contributed by atoms with Crippen LogP contribution in [-0.4, -0.2) is 80.5 Å². The number of carbonyl (C=O) groups excluding carboxylic acids is 2. The number of amides is 3. The average molecular weight is 603 g/mol. The highest BCUT2D eigenvalue weighted by molar-refractivity contribution is 5.95. The summed E-state index contributed by atoms with van der Waals surface area (Å²) in [5, 5.41) is 18.1. The lowest BCUT2D eigenvalue weighted by molar-refractivity contribution is -0.0306. The zero-order valence-electron chi connectivity index (χ0n) is 25.0. The van der Waals surface area contributed by atoms with E-state index in [4.69, 9.17) is 18.9 Å². The second-order valence-electron chi connectivity index (χ2n) is 10.9. The third-order valence-electron chi connectivity index (χ3n) is 7.54. The van der Waals surface area contributed by atoms with Crippen LogP contribution >= 0.6 is 0 Å². The molecule has 5 rings (SSSR count). The maximum Gasteiger partial charge on any atom is 0.315 e. The number of nitrogens with zero attached hydrogens (tertiary/aromatic N) is 2. The quantitative estimate of drug-likeness (QED) is 0.314. The van der Waals surface area contributed by atoms with E-state index >= 15 is 0 Å². The molecule has 1 fully saturated rings. The second kappa shape index (κ2) is 14.7. The number of nitriles is 1. The summed E-state index contributed by atoms with van der Waals surface area (Å²) in [7, 11) is 1.59. The van der Waals surface area contributed by atoms with Gasteiger partial charge in [-0.3, -0.25) is 9.69 Å². The van der Waals surface area contributed by atoms with Gasteiger partial charge in [0.25, 0.3) is 5.91 Å². The molecule has 12 heteroatoms. The van der Waals surface area contributed by atoms with Crippen LogP contribution in [0.1, 0.15) is 39.3 Å². The Morgan fingerprint density at radius 1 is 1.07 bits per heavy atom. The van der Waals surface area contributed by atoms with Crippen LogP contribution in [0.2, 0.25) is 0 Å². The molecule has 0 radical (unpaired) electrons. The highest BCUT2D eigenvalue weighted by atomic mass is 16.5. The molecule has 44 heavy (non-hydrogen) atoms. The predicted octanol–water partition coefficient (Wildman–Crippen LogP) is 3.21. The monoisotopic (exact) mass is 602 g/mol. The number of urea groups is 1. The van der Waals surface area contributed by atoms with Crippen LogP contribution < -0.4 is 25.4 Å². The molecule has 0 unspecified atom stereocenters. The largest absolute Gasteiger partial charge is 0.491 e. The molecule has 2 aromatic carbocycles. The van der Waals surface area contributed by atoms with Gasteiger partial charge in [0.1, 0.15) is 29.9 Å². The van der Waals surface area contributed by atoms with E-state index in [0.29, 0.717) is 67.7 Å². The first-order valence-corrected chi connectivity index (χ1v) is 14.7. The van der Waals surface area contributed by atoms with Gasteiger partial charge in [-0.15, -0.1) is 0 Å². The average Bonchev–Trinajstić information content (AvgIpc) is 3.37. The number of likely N-dealkylation sites (tertiary alicyclic amines) is 1. The molecule has 3 amide bonds. The second-order valence-corrected chi connectivity index (χ2v) is 10.9. The van der Waals surface area contributed by atoms with Crippen molar-refractivity contribution in [2.45, 2.75) is 38.6 Å². The lowest BCUT2D eigenvalue weighted by atomic mass is 10.0. The number of fused-ring (bicyclic) bond motifs is 5. The van der Waals surface area contributed by atoms with E-state index in [9.17, 15) is 14.9 Å². The zero-order chi connectivity index (χ0) is 30.9. The van der Waals surface area contributed by atoms with Crippen LogP contribution in [0.3, 0.4) is 0 Å². The van der Waals surface area contributed by atoms with Crippen LogP contribution in [-0.2, 0) is 22.6 Å². The van der Waals surface area contributed by atoms with Gasteiger partial charge in [-0.05, 0) is 49.2 Å². The van der Waals surface area contributed by atoms with Gasteiger partial charge in [-0.2, -0.15) is 5.26 Å². The van der Waals surface area contributed by atoms with Gasteiger partial charge in [0, 0.05) is 62.9 Å². The molecule has 0 spiro atoms. The number of piperidine rings is 1. The van der Waals surface area contributed by atoms with Crippen molar-refractivity contribution in [3.63, 3.8) is 0 Å². The number of rotatable bonds is 6. The zero-order valence-corrected chi connectivity index (χ0v) is 25.0. The molecule has 1 aromatic heterocycles. The molecule has 232 valence electrons. The summed E-state index contributed by atoms with van der Waals surface area (Å²) < 4.78 is 23.5. The van der Waals surface area contributed by atoms with Crippen LogP contribution in [0.4, 0.5) is 4.79 Å². The summed E-state index contributed by atoms with van der Waals surface area (Å²) in [6.45, 7) is 5.37. The topological polar surface area (TPSA) is 150 Å². The highest BCUT2D eigenvalue weighted by Crippen LogP contribution is 2.29. The standard InChI is InChI=1S/C32H38N6O6/c1-21-24(17-33)13-25(36-21)18-38-9-6-29-30(19-38)43-20-22-4-3-5-26(12-22)44-28-15-23(14-27(16-28)42-11-10-41-2)31(39)34-7-8-35-32(40)37-29/h3-5,12-16,29-30,36H,6-11,18-20H2,1-2H3,(H,34,39)(H2,35,37,40)/t29-,30-/m0/s1. The van der Waals surface area contributed by atoms with Crippen molar-refractivity contribution in [1.29, 1.82) is 5.26 Å². The lowest BCUT2D eigenvalue weighted by Crippen LogP contribution is -2.56. The van der Waals surface area contributed by atoms with E-state index in [0.717, 1.165) is 23.5 Å². The Morgan fingerprint density at radius 2 is 1.93 bits per heavy atom. The van der Waals surface area contributed by atoms with E-state index in [1.807, 2.05) is 37.3 Å². The van der Waals surface area contributed by atoms with Crippen LogP contribution in [0, 0.1) is 18.3 Å². The van der Waals surface area contributed by atoms with Crippen molar-refractivity contribution in [2.75, 3.05) is 46.5 Å². The molecule has 1 saturated heterocycles. The van der Waals surface area contributed by atoms with E-state index in [2.05, 4.69) is 31.9 Å². The lowest BCUT2D eigenvalue weighted by Gasteiger charge is -2.38. The summed E-state index contributed by atoms with van der Waals surface area (Å²) in [6, 6.07) is 16.2. The molecule has 2 aliphatic heterocycles. The Kier molecular flexibility index (Phi) is 10.3. The number of aryl methyl sites for hydroxylation is 1. The number of benzene rings is 2. The molecule has 3 heterocycles. The maximum absolute atomic E-state index is 13.0. The first kappa shape index (κ1) is 30.9. The minimum Gasteiger partial charge on any atom is -0.491 e. The third kappa shape index (κ3) is 8.29. The van der Waals surface area contributed by atoms with Crippen molar-refractivity contribution < 1.29 is 28.5 Å². The van der Waals surface area contributed by atoms with Crippen LogP contribution in [0.25, 0.3) is 0 Å². The molecule has 4 N–H and O–H groups in total. The molecule has 0 aliphatic carbocycles. The number of aromatic nitrogens is 1. The Labute approximate surface area is 256 Å². The summed E-state index contributed by atoms with van der Waals surface area (Å²) in [6.07, 6.45) is 0.402. The molecular formula is C32H38N6O6. The van der Waals surface area contributed by atoms with Crippen LogP contribution in [0.15, 0.2) is 48.5 Å². The van der Waals surface area contributed by atoms with Crippen molar-refractivity contribution >= 4 is 11.9 Å². The minimum atomic E-state index is -0.322. The Balaban J connectivity index is 1.35. The Morgan fingerprint density at radius 3 is 2.75 bits per heavy atom. The number of aromatic amines is 1. The number of carbonyl (C=O) groups is 2. The first-order chi connectivity index (χ1) is 21.4. The van der Waals surface area contributed by atoms with E-state index in [1.54, 1.807) is 25.3 Å². The van der Waals surface area contributed by atoms with E-state index in [-0.39, 0.29) is 37.2 Å². The van der Waals surface area contributed by atoms with E-state index in [1.165, 1.54) is 0 Å². The van der Waals surface area contributed by atoms with Gasteiger partial charge < -0.3 is 39.9 Å². The maximum atomic E-state index is 13.0. The fourth-order valence-corrected chi connectivity index (χ4v) is 5.33. The Hall–Kier alpha value is -4.57. The van der Waals surface area contributed by atoms with Gasteiger partial charge in [-0.1, -0.05) is 12.1 Å². The van der Waals surface area contributed by atoms with Gasteiger partial charge in [0.2, 0.25) is 0 Å². The number of H-pyrrole nitrogens is 1. The fraction of sp³-hybridized carbons (Fsp3) is 0.406. The minimum absolute atomic E-state index is 0.212. The number of hydrogen-bond acceptors (Lipinski definition) is 8. The smallest absolute Gasteiger partial charge is 0.315 e. The van der Waals surface area contributed by atoms with Crippen molar-refractivity contribution in [3.05, 3.63) is 76.6 Å². The first-order valence-electron chi connectivity index (χ1n) is 14.7. The molecule has 12 nitrogen and oxygen atoms in total. The summed E-state index contributed by atoms with van der Waals surface area (Å²) in [4.78, 5) is 31.4. The number of nitrogens with one attached hydrogen (secondary N) is 4. The highest BCUT2D eigenvalue weighted by Gasteiger charge is 2.31. The summed E-state index contributed by atoms with van der Waals surface area (Å²) >= 11 is 0. The number of methoxy groups -OCH3 is 1.